The van der Waals surface area contributed by atoms with Crippen LogP contribution in [0.5, 0.6) is 0 Å². The van der Waals surface area contributed by atoms with Crippen LogP contribution in [-0.4, -0.2) is 19.1 Å². The molecule has 82 valence electrons. The summed E-state index contributed by atoms with van der Waals surface area (Å²) in [5, 5.41) is 3.74. The predicted molar refractivity (Wildman–Crippen MR) is 60.1 cm³/mol. The topological polar surface area (TPSA) is 38.0 Å². The summed E-state index contributed by atoms with van der Waals surface area (Å²) in [6.45, 7) is 2.12. The van der Waals surface area contributed by atoms with Crippen molar-refractivity contribution in [2.45, 2.75) is 51.0 Å². The first kappa shape index (κ1) is 10.4. The van der Waals surface area contributed by atoms with Gasteiger partial charge in [0.05, 0.1) is 0 Å². The lowest BCUT2D eigenvalue weighted by molar-refractivity contribution is 0.139. The van der Waals surface area contributed by atoms with Gasteiger partial charge in [-0.1, -0.05) is 6.42 Å². The van der Waals surface area contributed by atoms with Gasteiger partial charge in [0.25, 0.3) is 0 Å². The van der Waals surface area contributed by atoms with Crippen molar-refractivity contribution in [3.63, 3.8) is 0 Å². The standard InChI is InChI=1S/C12H24N2/c13-8-2-6-10-4-1-5-11-7-3-9-14-12(10)11/h10-12,14H,1-9,13H2. The van der Waals surface area contributed by atoms with E-state index in [1.165, 1.54) is 51.5 Å². The molecule has 2 aliphatic rings. The maximum Gasteiger partial charge on any atom is 0.0124 e. The highest BCUT2D eigenvalue weighted by Gasteiger charge is 2.33. The van der Waals surface area contributed by atoms with Gasteiger partial charge in [-0.25, -0.2) is 0 Å². The van der Waals surface area contributed by atoms with Crippen LogP contribution in [0.1, 0.15) is 44.9 Å². The lowest BCUT2D eigenvalue weighted by Crippen LogP contribution is -2.48. The van der Waals surface area contributed by atoms with Gasteiger partial charge in [0, 0.05) is 6.04 Å². The largest absolute Gasteiger partial charge is 0.330 e. The molecular formula is C12H24N2. The first-order valence-corrected chi connectivity index (χ1v) is 6.35. The Morgan fingerprint density at radius 1 is 1.14 bits per heavy atom. The van der Waals surface area contributed by atoms with E-state index in [0.29, 0.717) is 0 Å². The van der Waals surface area contributed by atoms with Crippen LogP contribution in [0.15, 0.2) is 0 Å². The van der Waals surface area contributed by atoms with Gasteiger partial charge in [-0.05, 0) is 63.5 Å². The minimum Gasteiger partial charge on any atom is -0.330 e. The van der Waals surface area contributed by atoms with Crippen molar-refractivity contribution < 1.29 is 0 Å². The molecule has 3 N–H and O–H groups in total. The normalized spacial score (nSPS) is 37.9. The fourth-order valence-electron chi connectivity index (χ4n) is 3.38. The Morgan fingerprint density at radius 2 is 2.00 bits per heavy atom. The molecule has 1 aliphatic carbocycles. The molecule has 1 saturated carbocycles. The van der Waals surface area contributed by atoms with E-state index in [2.05, 4.69) is 5.32 Å². The van der Waals surface area contributed by atoms with Gasteiger partial charge in [0.1, 0.15) is 0 Å². The third-order valence-corrected chi connectivity index (χ3v) is 4.08. The van der Waals surface area contributed by atoms with Crippen LogP contribution in [0.3, 0.4) is 0 Å². The van der Waals surface area contributed by atoms with E-state index < -0.39 is 0 Å². The highest BCUT2D eigenvalue weighted by Crippen LogP contribution is 2.36. The number of hydrogen-bond acceptors (Lipinski definition) is 2. The zero-order chi connectivity index (χ0) is 9.80. The molecule has 0 aromatic heterocycles. The second-order valence-corrected chi connectivity index (χ2v) is 5.00. The zero-order valence-corrected chi connectivity index (χ0v) is 9.17. The summed E-state index contributed by atoms with van der Waals surface area (Å²) < 4.78 is 0. The van der Waals surface area contributed by atoms with Crippen LogP contribution in [-0.2, 0) is 0 Å². The van der Waals surface area contributed by atoms with Crippen molar-refractivity contribution >= 4 is 0 Å². The second kappa shape index (κ2) is 5.13. The van der Waals surface area contributed by atoms with E-state index in [-0.39, 0.29) is 0 Å². The number of rotatable bonds is 3. The van der Waals surface area contributed by atoms with Crippen molar-refractivity contribution in [1.82, 2.24) is 5.32 Å². The molecule has 1 saturated heterocycles. The molecule has 3 unspecified atom stereocenters. The van der Waals surface area contributed by atoms with Crippen molar-refractivity contribution in [3.8, 4) is 0 Å². The summed E-state index contributed by atoms with van der Waals surface area (Å²) in [5.74, 6) is 1.91. The highest BCUT2D eigenvalue weighted by molar-refractivity contribution is 4.90. The number of nitrogens with one attached hydrogen (secondary N) is 1. The van der Waals surface area contributed by atoms with E-state index in [9.17, 15) is 0 Å². The van der Waals surface area contributed by atoms with Gasteiger partial charge < -0.3 is 11.1 Å². The highest BCUT2D eigenvalue weighted by atomic mass is 14.9. The van der Waals surface area contributed by atoms with Crippen LogP contribution in [0.4, 0.5) is 0 Å². The minimum absolute atomic E-state index is 0.837. The van der Waals surface area contributed by atoms with Gasteiger partial charge in [-0.2, -0.15) is 0 Å². The molecule has 0 bridgehead atoms. The first-order chi connectivity index (χ1) is 6.92. The smallest absolute Gasteiger partial charge is 0.0124 e. The molecule has 2 nitrogen and oxygen atoms in total. The molecule has 2 heteroatoms. The van der Waals surface area contributed by atoms with Crippen LogP contribution in [0, 0.1) is 11.8 Å². The third kappa shape index (κ3) is 2.29. The van der Waals surface area contributed by atoms with Gasteiger partial charge in [-0.3, -0.25) is 0 Å². The van der Waals surface area contributed by atoms with Crippen LogP contribution < -0.4 is 11.1 Å². The fourth-order valence-corrected chi connectivity index (χ4v) is 3.38. The Kier molecular flexibility index (Phi) is 3.82. The van der Waals surface area contributed by atoms with E-state index in [0.717, 1.165) is 24.4 Å². The van der Waals surface area contributed by atoms with Crippen molar-refractivity contribution in [1.29, 1.82) is 0 Å². The Morgan fingerprint density at radius 3 is 2.86 bits per heavy atom. The molecule has 1 heterocycles. The van der Waals surface area contributed by atoms with Crippen LogP contribution >= 0.6 is 0 Å². The van der Waals surface area contributed by atoms with Gasteiger partial charge in [-0.15, -0.1) is 0 Å². The lowest BCUT2D eigenvalue weighted by atomic mass is 9.72. The summed E-state index contributed by atoms with van der Waals surface area (Å²) in [5.41, 5.74) is 5.59. The molecule has 0 aromatic rings. The summed E-state index contributed by atoms with van der Waals surface area (Å²) in [7, 11) is 0. The molecule has 0 amide bonds. The van der Waals surface area contributed by atoms with E-state index in [1.54, 1.807) is 0 Å². The molecule has 0 radical (unpaired) electrons. The Balaban J connectivity index is 1.88. The molecule has 2 fully saturated rings. The fraction of sp³-hybridized carbons (Fsp3) is 1.00. The third-order valence-electron chi connectivity index (χ3n) is 4.08. The maximum absolute atomic E-state index is 5.59. The van der Waals surface area contributed by atoms with E-state index in [1.807, 2.05) is 0 Å². The summed E-state index contributed by atoms with van der Waals surface area (Å²) >= 11 is 0. The van der Waals surface area contributed by atoms with Gasteiger partial charge >= 0.3 is 0 Å². The molecule has 2 rings (SSSR count). The molecule has 0 aromatic carbocycles. The quantitative estimate of drug-likeness (QED) is 0.723. The Bertz CT molecular complexity index is 168. The van der Waals surface area contributed by atoms with E-state index in [4.69, 9.17) is 5.73 Å². The number of fused-ring (bicyclic) bond motifs is 1. The Hall–Kier alpha value is -0.0800. The molecule has 0 spiro atoms. The average Bonchev–Trinajstić information content (AvgIpc) is 2.26. The molecule has 1 aliphatic heterocycles. The predicted octanol–water partition coefficient (Wildman–Crippen LogP) is 1.89. The molecular weight excluding hydrogens is 172 g/mol. The van der Waals surface area contributed by atoms with Crippen molar-refractivity contribution in [2.75, 3.05) is 13.1 Å². The van der Waals surface area contributed by atoms with Crippen molar-refractivity contribution in [3.05, 3.63) is 0 Å². The lowest BCUT2D eigenvalue weighted by Gasteiger charge is -2.42. The SMILES string of the molecule is NCCCC1CCCC2CCCNC12. The average molecular weight is 196 g/mol. The number of piperidine rings is 1. The minimum atomic E-state index is 0.837. The molecule has 14 heavy (non-hydrogen) atoms. The van der Waals surface area contributed by atoms with Crippen LogP contribution in [0.2, 0.25) is 0 Å². The van der Waals surface area contributed by atoms with Crippen molar-refractivity contribution in [2.24, 2.45) is 17.6 Å². The van der Waals surface area contributed by atoms with Gasteiger partial charge in [0.2, 0.25) is 0 Å². The molecule has 3 atom stereocenters. The van der Waals surface area contributed by atoms with E-state index >= 15 is 0 Å². The summed E-state index contributed by atoms with van der Waals surface area (Å²) in [6.07, 6.45) is 9.80. The first-order valence-electron chi connectivity index (χ1n) is 6.35. The second-order valence-electron chi connectivity index (χ2n) is 5.00. The monoisotopic (exact) mass is 196 g/mol. The Labute approximate surface area is 87.6 Å². The maximum atomic E-state index is 5.59. The zero-order valence-electron chi connectivity index (χ0n) is 9.17. The van der Waals surface area contributed by atoms with Gasteiger partial charge in [0.15, 0.2) is 0 Å². The summed E-state index contributed by atoms with van der Waals surface area (Å²) in [6, 6.07) is 0.837. The number of nitrogens with two attached hydrogens (primary N) is 1. The summed E-state index contributed by atoms with van der Waals surface area (Å²) in [4.78, 5) is 0. The van der Waals surface area contributed by atoms with Crippen LogP contribution in [0.25, 0.3) is 0 Å². The number of hydrogen-bond donors (Lipinski definition) is 2.